The van der Waals surface area contributed by atoms with Crippen molar-refractivity contribution in [1.82, 2.24) is 21.5 Å². The van der Waals surface area contributed by atoms with Crippen LogP contribution < -0.4 is 21.5 Å². The van der Waals surface area contributed by atoms with E-state index in [9.17, 15) is 9.18 Å². The monoisotopic (exact) mass is 411 g/mol. The third-order valence-corrected chi connectivity index (χ3v) is 6.51. The molecule has 1 amide bonds. The Bertz CT molecular complexity index is 557. The summed E-state index contributed by atoms with van der Waals surface area (Å²) < 4.78 is 18.8. The van der Waals surface area contributed by atoms with E-state index in [4.69, 9.17) is 9.73 Å². The zero-order valence-corrected chi connectivity index (χ0v) is 18.0. The van der Waals surface area contributed by atoms with Crippen LogP contribution in [0, 0.1) is 11.8 Å². The maximum atomic E-state index is 13.4. The van der Waals surface area contributed by atoms with Crippen LogP contribution in [0.2, 0.25) is 0 Å². The molecule has 7 nitrogen and oxygen atoms in total. The summed E-state index contributed by atoms with van der Waals surface area (Å²) in [6.07, 6.45) is 7.12. The molecule has 2 atom stereocenters. The fraction of sp³-hybridized carbons (Fsp3) is 0.905. The van der Waals surface area contributed by atoms with Crippen LogP contribution >= 0.6 is 0 Å². The molecule has 2 unspecified atom stereocenters. The second kappa shape index (κ2) is 10.7. The molecular formula is C21H38FN5O2. The average Bonchev–Trinajstić information content (AvgIpc) is 3.16. The summed E-state index contributed by atoms with van der Waals surface area (Å²) in [6.45, 7) is 4.06. The molecule has 2 aliphatic carbocycles. The molecule has 0 bridgehead atoms. The van der Waals surface area contributed by atoms with Gasteiger partial charge in [0.1, 0.15) is 12.3 Å². The summed E-state index contributed by atoms with van der Waals surface area (Å²) >= 11 is 0. The number of halogens is 1. The maximum Gasteiger partial charge on any atom is 0.229 e. The summed E-state index contributed by atoms with van der Waals surface area (Å²) in [7, 11) is 1.74. The third-order valence-electron chi connectivity index (χ3n) is 6.51. The second-order valence-electron chi connectivity index (χ2n) is 9.13. The molecule has 0 aromatic heterocycles. The highest BCUT2D eigenvalue weighted by Crippen LogP contribution is 2.31. The minimum atomic E-state index is -0.634. The Morgan fingerprint density at radius 3 is 2.38 bits per heavy atom. The molecule has 0 aromatic rings. The molecule has 0 spiro atoms. The number of hydrazine groups is 1. The number of aliphatic imine (C=N–C) groups is 1. The highest BCUT2D eigenvalue weighted by molar-refractivity contribution is 5.98. The topological polar surface area (TPSA) is 86.8 Å². The fourth-order valence-electron chi connectivity index (χ4n) is 4.75. The summed E-state index contributed by atoms with van der Waals surface area (Å²) in [6, 6.07) is 0.472. The number of alkyl halides is 1. The highest BCUT2D eigenvalue weighted by Gasteiger charge is 2.33. The number of nitrogens with zero attached hydrogens (tertiary/aromatic N) is 1. The largest absolute Gasteiger partial charge is 0.381 e. The van der Waals surface area contributed by atoms with Gasteiger partial charge in [-0.1, -0.05) is 0 Å². The van der Waals surface area contributed by atoms with E-state index in [0.717, 1.165) is 44.9 Å². The van der Waals surface area contributed by atoms with Crippen LogP contribution in [0.5, 0.6) is 0 Å². The molecule has 1 heterocycles. The number of carbonyl (C=O) groups is 1. The molecular weight excluding hydrogens is 373 g/mol. The number of methoxy groups -OCH3 is 1. The summed E-state index contributed by atoms with van der Waals surface area (Å²) in [5.41, 5.74) is 6.59. The minimum absolute atomic E-state index is 0.0128. The number of hydrogen-bond donors (Lipinski definition) is 4. The lowest BCUT2D eigenvalue weighted by molar-refractivity contribution is -0.125. The zero-order valence-electron chi connectivity index (χ0n) is 18.0. The lowest BCUT2D eigenvalue weighted by Gasteiger charge is -2.28. The molecule has 0 radical (unpaired) electrons. The van der Waals surface area contributed by atoms with E-state index >= 15 is 0 Å². The van der Waals surface area contributed by atoms with E-state index in [0.29, 0.717) is 30.8 Å². The van der Waals surface area contributed by atoms with Crippen molar-refractivity contribution in [2.24, 2.45) is 16.8 Å². The van der Waals surface area contributed by atoms with Gasteiger partial charge in [0.15, 0.2) is 5.96 Å². The van der Waals surface area contributed by atoms with Crippen LogP contribution in [0.25, 0.3) is 0 Å². The number of amides is 1. The Hall–Kier alpha value is -1.25. The number of nitrogens with one attached hydrogen (secondary N) is 4. The smallest absolute Gasteiger partial charge is 0.229 e. The Kier molecular flexibility index (Phi) is 8.26. The van der Waals surface area contributed by atoms with Gasteiger partial charge in [-0.15, -0.1) is 0 Å². The zero-order chi connectivity index (χ0) is 20.8. The van der Waals surface area contributed by atoms with E-state index in [-0.39, 0.29) is 30.1 Å². The Morgan fingerprint density at radius 2 is 1.76 bits per heavy atom. The predicted octanol–water partition coefficient (Wildman–Crippen LogP) is 2.38. The Balaban J connectivity index is 1.54. The molecule has 3 fully saturated rings. The molecule has 29 heavy (non-hydrogen) atoms. The van der Waals surface area contributed by atoms with Crippen molar-refractivity contribution in [2.75, 3.05) is 7.11 Å². The highest BCUT2D eigenvalue weighted by atomic mass is 19.1. The van der Waals surface area contributed by atoms with Crippen molar-refractivity contribution < 1.29 is 13.9 Å². The molecule has 3 aliphatic rings. The standard InChI is InChI=1S/C21H38FN5O2/c1-13(2)23-21(25-20(28)15-6-10-17(29-3)11-7-15)24-19-12-18(26-27-19)14-4-8-16(22)9-5-14/h13-19,26-27H,4-12H2,1-3H3,(H2,23,24,25,28). The van der Waals surface area contributed by atoms with E-state index in [1.54, 1.807) is 7.11 Å². The van der Waals surface area contributed by atoms with Crippen molar-refractivity contribution in [3.05, 3.63) is 0 Å². The first kappa shape index (κ1) is 22.4. The van der Waals surface area contributed by atoms with Gasteiger partial charge in [0, 0.05) is 31.5 Å². The van der Waals surface area contributed by atoms with Gasteiger partial charge in [0.2, 0.25) is 5.91 Å². The number of hydrogen-bond acceptors (Lipinski definition) is 5. The molecule has 4 N–H and O–H groups in total. The Morgan fingerprint density at radius 1 is 1.07 bits per heavy atom. The van der Waals surface area contributed by atoms with Crippen LogP contribution in [0.4, 0.5) is 4.39 Å². The number of ether oxygens (including phenoxy) is 1. The summed E-state index contributed by atoms with van der Waals surface area (Å²) in [5, 5.41) is 6.29. The number of carbonyl (C=O) groups excluding carboxylic acids is 1. The Labute approximate surface area is 174 Å². The maximum absolute atomic E-state index is 13.4. The predicted molar refractivity (Wildman–Crippen MR) is 112 cm³/mol. The molecule has 8 heteroatoms. The van der Waals surface area contributed by atoms with Gasteiger partial charge in [-0.05, 0) is 71.1 Å². The van der Waals surface area contributed by atoms with Crippen LogP contribution in [-0.2, 0) is 9.53 Å². The van der Waals surface area contributed by atoms with Crippen molar-refractivity contribution in [3.63, 3.8) is 0 Å². The molecule has 2 saturated carbocycles. The molecule has 1 saturated heterocycles. The summed E-state index contributed by atoms with van der Waals surface area (Å²) in [5.74, 6) is 1.07. The molecule has 1 aliphatic heterocycles. The lowest BCUT2D eigenvalue weighted by Crippen LogP contribution is -2.48. The van der Waals surface area contributed by atoms with E-state index in [2.05, 4.69) is 21.5 Å². The van der Waals surface area contributed by atoms with Crippen molar-refractivity contribution in [3.8, 4) is 0 Å². The SMILES string of the molecule is COC1CCC(C(=O)N/C(=N/C2CC(C3CCC(F)CC3)NN2)NC(C)C)CC1. The average molecular weight is 412 g/mol. The van der Waals surface area contributed by atoms with E-state index in [1.807, 2.05) is 13.8 Å². The van der Waals surface area contributed by atoms with Gasteiger partial charge in [-0.2, -0.15) is 0 Å². The fourth-order valence-corrected chi connectivity index (χ4v) is 4.75. The van der Waals surface area contributed by atoms with Crippen LogP contribution in [0.1, 0.15) is 71.6 Å². The second-order valence-corrected chi connectivity index (χ2v) is 9.13. The van der Waals surface area contributed by atoms with Crippen molar-refractivity contribution in [1.29, 1.82) is 0 Å². The van der Waals surface area contributed by atoms with E-state index in [1.165, 1.54) is 0 Å². The molecule has 166 valence electrons. The number of rotatable bonds is 5. The van der Waals surface area contributed by atoms with Gasteiger partial charge in [-0.3, -0.25) is 15.5 Å². The lowest BCUT2D eigenvalue weighted by atomic mass is 9.82. The van der Waals surface area contributed by atoms with Gasteiger partial charge in [0.25, 0.3) is 0 Å². The quantitative estimate of drug-likeness (QED) is 0.412. The first-order chi connectivity index (χ1) is 13.9. The van der Waals surface area contributed by atoms with Gasteiger partial charge in [0.05, 0.1) is 6.10 Å². The van der Waals surface area contributed by atoms with E-state index < -0.39 is 6.17 Å². The molecule has 3 rings (SSSR count). The minimum Gasteiger partial charge on any atom is -0.381 e. The summed E-state index contributed by atoms with van der Waals surface area (Å²) in [4.78, 5) is 17.5. The van der Waals surface area contributed by atoms with Crippen LogP contribution in [-0.4, -0.2) is 49.5 Å². The first-order valence-electron chi connectivity index (χ1n) is 11.3. The van der Waals surface area contributed by atoms with Crippen molar-refractivity contribution in [2.45, 2.75) is 102 Å². The number of guanidine groups is 1. The first-order valence-corrected chi connectivity index (χ1v) is 11.3. The van der Waals surface area contributed by atoms with Gasteiger partial charge in [-0.25, -0.2) is 14.8 Å². The van der Waals surface area contributed by atoms with Gasteiger partial charge < -0.3 is 10.1 Å². The normalized spacial score (nSPS) is 36.2. The van der Waals surface area contributed by atoms with Crippen molar-refractivity contribution >= 4 is 11.9 Å². The van der Waals surface area contributed by atoms with Crippen LogP contribution in [0.15, 0.2) is 4.99 Å². The van der Waals surface area contributed by atoms with Crippen LogP contribution in [0.3, 0.4) is 0 Å². The third kappa shape index (κ3) is 6.62. The molecule has 0 aromatic carbocycles. The van der Waals surface area contributed by atoms with Gasteiger partial charge >= 0.3 is 0 Å².